The first-order chi connectivity index (χ1) is 9.56. The number of fused-ring (bicyclic) bond motifs is 1. The third-order valence-electron chi connectivity index (χ3n) is 3.91. The van der Waals surface area contributed by atoms with E-state index < -0.39 is 5.97 Å². The second-order valence-corrected chi connectivity index (χ2v) is 5.27. The van der Waals surface area contributed by atoms with Crippen LogP contribution in [0.3, 0.4) is 0 Å². The monoisotopic (exact) mass is 274 g/mol. The molecule has 1 aliphatic heterocycles. The fraction of sp³-hybridized carbons (Fsp3) is 0.429. The third kappa shape index (κ3) is 2.12. The van der Waals surface area contributed by atoms with Gasteiger partial charge in [-0.2, -0.15) is 5.10 Å². The Labute approximate surface area is 117 Å². The van der Waals surface area contributed by atoms with Crippen LogP contribution in [0.5, 0.6) is 0 Å². The van der Waals surface area contributed by atoms with Crippen LogP contribution in [0.2, 0.25) is 0 Å². The van der Waals surface area contributed by atoms with E-state index in [2.05, 4.69) is 21.9 Å². The van der Waals surface area contributed by atoms with Crippen molar-refractivity contribution < 1.29 is 9.90 Å². The Morgan fingerprint density at radius 1 is 1.20 bits per heavy atom. The average Bonchev–Trinajstić information content (AvgIpc) is 2.77. The van der Waals surface area contributed by atoms with E-state index in [1.807, 2.05) is 18.2 Å². The summed E-state index contributed by atoms with van der Waals surface area (Å²) in [5.74, 6) is -0.983. The van der Waals surface area contributed by atoms with Crippen molar-refractivity contribution in [3.8, 4) is 0 Å². The van der Waals surface area contributed by atoms with Gasteiger partial charge in [0.15, 0.2) is 5.69 Å². The average molecular weight is 274 g/mol. The number of aromatic nitrogens is 2. The number of piperazine rings is 1. The molecule has 6 nitrogen and oxygen atoms in total. The van der Waals surface area contributed by atoms with E-state index in [1.54, 1.807) is 11.7 Å². The molecule has 106 valence electrons. The fourth-order valence-corrected chi connectivity index (χ4v) is 2.67. The van der Waals surface area contributed by atoms with E-state index in [9.17, 15) is 4.79 Å². The molecule has 0 spiro atoms. The fourth-order valence-electron chi connectivity index (χ4n) is 2.67. The van der Waals surface area contributed by atoms with Crippen molar-refractivity contribution in [1.82, 2.24) is 14.7 Å². The van der Waals surface area contributed by atoms with Crippen molar-refractivity contribution in [2.75, 3.05) is 38.1 Å². The van der Waals surface area contributed by atoms with Gasteiger partial charge in [0.05, 0.1) is 5.52 Å². The Morgan fingerprint density at radius 3 is 2.55 bits per heavy atom. The normalized spacial score (nSPS) is 16.8. The molecule has 1 aromatic heterocycles. The molecule has 1 aliphatic rings. The standard InChI is InChI=1S/C14H18N4O2/c1-16-5-7-18(8-6-16)10-3-4-11-12(9-10)17(2)15-13(11)14(19)20/h3-4,9H,5-8H2,1-2H3,(H,19,20). The summed E-state index contributed by atoms with van der Waals surface area (Å²) in [5, 5.41) is 13.9. The molecular formula is C14H18N4O2. The highest BCUT2D eigenvalue weighted by Crippen LogP contribution is 2.25. The van der Waals surface area contributed by atoms with Gasteiger partial charge in [-0.1, -0.05) is 0 Å². The van der Waals surface area contributed by atoms with Crippen molar-refractivity contribution in [2.45, 2.75) is 0 Å². The van der Waals surface area contributed by atoms with Gasteiger partial charge >= 0.3 is 5.97 Å². The number of benzene rings is 1. The number of likely N-dealkylation sites (N-methyl/N-ethyl adjacent to an activating group) is 1. The summed E-state index contributed by atoms with van der Waals surface area (Å²) >= 11 is 0. The summed E-state index contributed by atoms with van der Waals surface area (Å²) in [6.45, 7) is 4.07. The van der Waals surface area contributed by atoms with Crippen molar-refractivity contribution >= 4 is 22.6 Å². The zero-order chi connectivity index (χ0) is 14.3. The van der Waals surface area contributed by atoms with Crippen LogP contribution in [0, 0.1) is 0 Å². The summed E-state index contributed by atoms with van der Waals surface area (Å²) in [4.78, 5) is 15.8. The van der Waals surface area contributed by atoms with E-state index >= 15 is 0 Å². The molecule has 0 aliphatic carbocycles. The quantitative estimate of drug-likeness (QED) is 0.886. The predicted octanol–water partition coefficient (Wildman–Crippen LogP) is 1.02. The molecular weight excluding hydrogens is 256 g/mol. The van der Waals surface area contributed by atoms with Gasteiger partial charge in [0.25, 0.3) is 0 Å². The molecule has 0 amide bonds. The number of carbonyl (C=O) groups is 1. The molecule has 6 heteroatoms. The second-order valence-electron chi connectivity index (χ2n) is 5.27. The van der Waals surface area contributed by atoms with Gasteiger partial charge in [0.1, 0.15) is 0 Å². The molecule has 0 radical (unpaired) electrons. The van der Waals surface area contributed by atoms with Gasteiger partial charge < -0.3 is 14.9 Å². The maximum Gasteiger partial charge on any atom is 0.357 e. The predicted molar refractivity (Wildman–Crippen MR) is 77.4 cm³/mol. The Kier molecular flexibility index (Phi) is 3.10. The number of anilines is 1. The summed E-state index contributed by atoms with van der Waals surface area (Å²) in [7, 11) is 3.91. The number of aromatic carboxylic acids is 1. The van der Waals surface area contributed by atoms with Gasteiger partial charge in [-0.25, -0.2) is 4.79 Å². The smallest absolute Gasteiger partial charge is 0.357 e. The van der Waals surface area contributed by atoms with Crippen LogP contribution in [-0.2, 0) is 7.05 Å². The largest absolute Gasteiger partial charge is 0.476 e. The summed E-state index contributed by atoms with van der Waals surface area (Å²) in [6, 6.07) is 5.88. The molecule has 1 aromatic carbocycles. The zero-order valence-corrected chi connectivity index (χ0v) is 11.7. The highest BCUT2D eigenvalue weighted by atomic mass is 16.4. The molecule has 0 saturated carbocycles. The number of aryl methyl sites for hydroxylation is 1. The summed E-state index contributed by atoms with van der Waals surface area (Å²) in [5.41, 5.74) is 2.11. The molecule has 1 N–H and O–H groups in total. The highest BCUT2D eigenvalue weighted by Gasteiger charge is 2.18. The van der Waals surface area contributed by atoms with Gasteiger partial charge in [-0.15, -0.1) is 0 Å². The minimum absolute atomic E-state index is 0.118. The SMILES string of the molecule is CN1CCN(c2ccc3c(C(=O)O)nn(C)c3c2)CC1. The van der Waals surface area contributed by atoms with Gasteiger partial charge in [-0.3, -0.25) is 4.68 Å². The van der Waals surface area contributed by atoms with Gasteiger partial charge in [0, 0.05) is 44.3 Å². The second kappa shape index (κ2) is 4.79. The molecule has 1 saturated heterocycles. The van der Waals surface area contributed by atoms with Crippen molar-refractivity contribution in [3.63, 3.8) is 0 Å². The Bertz CT molecular complexity index is 656. The lowest BCUT2D eigenvalue weighted by atomic mass is 10.1. The van der Waals surface area contributed by atoms with E-state index in [4.69, 9.17) is 5.11 Å². The number of carboxylic acid groups (broad SMARTS) is 1. The molecule has 0 unspecified atom stereocenters. The van der Waals surface area contributed by atoms with Crippen LogP contribution in [0.4, 0.5) is 5.69 Å². The topological polar surface area (TPSA) is 61.6 Å². The first-order valence-electron chi connectivity index (χ1n) is 6.70. The van der Waals surface area contributed by atoms with Crippen molar-refractivity contribution in [3.05, 3.63) is 23.9 Å². The molecule has 3 rings (SSSR count). The zero-order valence-electron chi connectivity index (χ0n) is 11.7. The van der Waals surface area contributed by atoms with Crippen LogP contribution in [0.25, 0.3) is 10.9 Å². The minimum Gasteiger partial charge on any atom is -0.476 e. The lowest BCUT2D eigenvalue weighted by Crippen LogP contribution is -2.44. The van der Waals surface area contributed by atoms with Crippen LogP contribution < -0.4 is 4.90 Å². The first kappa shape index (κ1) is 12.9. The molecule has 1 fully saturated rings. The molecule has 2 heterocycles. The molecule has 2 aromatic rings. The Balaban J connectivity index is 1.99. The van der Waals surface area contributed by atoms with Gasteiger partial charge in [0.2, 0.25) is 0 Å². The highest BCUT2D eigenvalue weighted by molar-refractivity contribution is 6.02. The van der Waals surface area contributed by atoms with Crippen LogP contribution in [-0.4, -0.2) is 59.0 Å². The maximum absolute atomic E-state index is 11.2. The minimum atomic E-state index is -0.983. The summed E-state index contributed by atoms with van der Waals surface area (Å²) < 4.78 is 1.64. The molecule has 0 atom stereocenters. The van der Waals surface area contributed by atoms with Crippen LogP contribution in [0.1, 0.15) is 10.5 Å². The lowest BCUT2D eigenvalue weighted by molar-refractivity contribution is 0.0691. The van der Waals surface area contributed by atoms with Crippen molar-refractivity contribution in [2.24, 2.45) is 7.05 Å². The molecule has 20 heavy (non-hydrogen) atoms. The molecule has 0 bridgehead atoms. The van der Waals surface area contributed by atoms with E-state index in [1.165, 1.54) is 0 Å². The number of nitrogens with zero attached hydrogens (tertiary/aromatic N) is 4. The van der Waals surface area contributed by atoms with E-state index in [0.29, 0.717) is 5.39 Å². The van der Waals surface area contributed by atoms with E-state index in [0.717, 1.165) is 37.4 Å². The van der Waals surface area contributed by atoms with Crippen molar-refractivity contribution in [1.29, 1.82) is 0 Å². The maximum atomic E-state index is 11.2. The first-order valence-corrected chi connectivity index (χ1v) is 6.70. The third-order valence-corrected chi connectivity index (χ3v) is 3.91. The van der Waals surface area contributed by atoms with Gasteiger partial charge in [-0.05, 0) is 25.2 Å². The van der Waals surface area contributed by atoms with Crippen LogP contribution in [0.15, 0.2) is 18.2 Å². The lowest BCUT2D eigenvalue weighted by Gasteiger charge is -2.34. The number of hydrogen-bond donors (Lipinski definition) is 1. The number of rotatable bonds is 2. The Morgan fingerprint density at radius 2 is 1.90 bits per heavy atom. The Hall–Kier alpha value is -2.08. The van der Waals surface area contributed by atoms with E-state index in [-0.39, 0.29) is 5.69 Å². The number of carboxylic acids is 1. The van der Waals surface area contributed by atoms with Crippen LogP contribution >= 0.6 is 0 Å². The summed E-state index contributed by atoms with van der Waals surface area (Å²) in [6.07, 6.45) is 0. The number of hydrogen-bond acceptors (Lipinski definition) is 4.